The van der Waals surface area contributed by atoms with E-state index in [4.69, 9.17) is 9.47 Å². The summed E-state index contributed by atoms with van der Waals surface area (Å²) in [5.74, 6) is -2.76. The fourth-order valence-electron chi connectivity index (χ4n) is 5.22. The predicted molar refractivity (Wildman–Crippen MR) is 108 cm³/mol. The second-order valence-electron chi connectivity index (χ2n) is 8.82. The lowest BCUT2D eigenvalue weighted by atomic mass is 9.70. The van der Waals surface area contributed by atoms with Gasteiger partial charge in [-0.05, 0) is 33.1 Å². The first-order valence-electron chi connectivity index (χ1n) is 10.3. The largest absolute Gasteiger partial charge is 0.466 e. The average molecular weight is 475 g/mol. The number of hydrogen-bond acceptors (Lipinski definition) is 6. The number of nitrogens with one attached hydrogen (secondary N) is 1. The van der Waals surface area contributed by atoms with E-state index in [0.717, 1.165) is 0 Å². The van der Waals surface area contributed by atoms with Gasteiger partial charge >= 0.3 is 5.97 Å². The van der Waals surface area contributed by atoms with Crippen molar-refractivity contribution in [3.63, 3.8) is 0 Å². The van der Waals surface area contributed by atoms with Crippen LogP contribution in [-0.4, -0.2) is 75.7 Å². The lowest BCUT2D eigenvalue weighted by Crippen LogP contribution is -2.59. The molecule has 9 heteroatoms. The number of carbonyl (C=O) groups is 3. The van der Waals surface area contributed by atoms with Gasteiger partial charge in [0.25, 0.3) is 0 Å². The fourth-order valence-corrected chi connectivity index (χ4v) is 6.16. The summed E-state index contributed by atoms with van der Waals surface area (Å²) in [6, 6.07) is -1.59. The van der Waals surface area contributed by atoms with E-state index in [1.54, 1.807) is 6.92 Å². The van der Waals surface area contributed by atoms with E-state index in [0.29, 0.717) is 6.42 Å². The first kappa shape index (κ1) is 22.5. The Balaban J connectivity index is 2.10. The van der Waals surface area contributed by atoms with Gasteiger partial charge < -0.3 is 24.8 Å². The van der Waals surface area contributed by atoms with Gasteiger partial charge in [-0.15, -0.1) is 0 Å². The summed E-state index contributed by atoms with van der Waals surface area (Å²) in [7, 11) is 0. The van der Waals surface area contributed by atoms with Gasteiger partial charge in [0, 0.05) is 10.9 Å². The van der Waals surface area contributed by atoms with Crippen molar-refractivity contribution in [2.45, 2.75) is 75.7 Å². The van der Waals surface area contributed by atoms with Crippen LogP contribution in [0.25, 0.3) is 0 Å². The van der Waals surface area contributed by atoms with Crippen molar-refractivity contribution in [1.29, 1.82) is 0 Å². The van der Waals surface area contributed by atoms with Gasteiger partial charge in [0.1, 0.15) is 11.6 Å². The third-order valence-corrected chi connectivity index (χ3v) is 7.12. The molecule has 2 N–H and O–H groups in total. The molecule has 0 aromatic carbocycles. The highest BCUT2D eigenvalue weighted by Gasteiger charge is 2.77. The smallest absolute Gasteiger partial charge is 0.312 e. The molecular weight excluding hydrogens is 444 g/mol. The second kappa shape index (κ2) is 8.15. The Morgan fingerprint density at radius 3 is 2.55 bits per heavy atom. The first-order chi connectivity index (χ1) is 13.6. The monoisotopic (exact) mass is 474 g/mol. The summed E-state index contributed by atoms with van der Waals surface area (Å²) >= 11 is 3.59. The molecule has 3 aliphatic heterocycles. The predicted octanol–water partition coefficient (Wildman–Crippen LogP) is 0.839. The van der Waals surface area contributed by atoms with Gasteiger partial charge in [-0.2, -0.15) is 0 Å². The van der Waals surface area contributed by atoms with Crippen molar-refractivity contribution in [2.75, 3.05) is 13.2 Å². The average Bonchev–Trinajstić information content (AvgIpc) is 3.19. The number of esters is 1. The molecule has 3 aliphatic rings. The molecule has 0 saturated carbocycles. The summed E-state index contributed by atoms with van der Waals surface area (Å²) in [6.45, 7) is 9.13. The minimum Gasteiger partial charge on any atom is -0.466 e. The molecule has 0 aliphatic carbocycles. The van der Waals surface area contributed by atoms with Crippen LogP contribution in [0.3, 0.4) is 0 Å². The van der Waals surface area contributed by atoms with Crippen LogP contribution in [0.2, 0.25) is 0 Å². The quantitative estimate of drug-likeness (QED) is 0.418. The molecule has 164 valence electrons. The molecular formula is C20H31BrN2O6. The van der Waals surface area contributed by atoms with E-state index in [1.165, 1.54) is 4.90 Å². The normalized spacial score (nSPS) is 36.7. The van der Waals surface area contributed by atoms with E-state index in [9.17, 15) is 19.5 Å². The highest BCUT2D eigenvalue weighted by atomic mass is 79.9. The van der Waals surface area contributed by atoms with Gasteiger partial charge in [0.05, 0.1) is 37.2 Å². The number of nitrogens with zero attached hydrogens (tertiary/aromatic N) is 1. The Labute approximate surface area is 179 Å². The molecule has 3 heterocycles. The second-order valence-corrected chi connectivity index (χ2v) is 9.99. The molecule has 0 aromatic heterocycles. The lowest BCUT2D eigenvalue weighted by Gasteiger charge is -2.38. The van der Waals surface area contributed by atoms with E-state index >= 15 is 0 Å². The number of halogens is 1. The van der Waals surface area contributed by atoms with Crippen molar-refractivity contribution >= 4 is 33.7 Å². The van der Waals surface area contributed by atoms with Crippen molar-refractivity contribution in [3.8, 4) is 0 Å². The molecule has 1 spiro atoms. The van der Waals surface area contributed by atoms with Crippen LogP contribution in [0.1, 0.15) is 41.0 Å². The number of hydrogen-bond donors (Lipinski definition) is 2. The molecule has 3 fully saturated rings. The molecule has 3 rings (SSSR count). The number of aliphatic hydroxyl groups excluding tert-OH is 1. The Morgan fingerprint density at radius 1 is 1.38 bits per heavy atom. The molecule has 0 aromatic rings. The van der Waals surface area contributed by atoms with Crippen molar-refractivity contribution in [1.82, 2.24) is 10.2 Å². The fraction of sp³-hybridized carbons (Fsp3) is 0.850. The molecule has 2 amide bonds. The minimum atomic E-state index is -1.12. The van der Waals surface area contributed by atoms with E-state index in [-0.39, 0.29) is 41.8 Å². The number of alkyl halides is 1. The zero-order valence-electron chi connectivity index (χ0n) is 17.6. The third-order valence-electron chi connectivity index (χ3n) is 6.28. The standard InChI is InChI=1S/C20H31BrN2O6/c1-6-28-19(27)13-14-18(26)23(12(8-24)9(2)3)16(17(25)22-10(4)5)20(14)7-11(21)15(13)29-20/h9-16,24H,6-8H2,1-5H3,(H,22,25)/t11?,12-,13+,14-,15+,16+,20-/m0/s1. The molecule has 7 atom stereocenters. The first-order valence-corrected chi connectivity index (χ1v) is 11.2. The molecule has 8 nitrogen and oxygen atoms in total. The molecule has 1 unspecified atom stereocenters. The number of amides is 2. The van der Waals surface area contributed by atoms with Crippen LogP contribution in [0.15, 0.2) is 0 Å². The molecule has 29 heavy (non-hydrogen) atoms. The number of ether oxygens (including phenoxy) is 2. The van der Waals surface area contributed by atoms with Crippen molar-refractivity contribution < 1.29 is 29.0 Å². The minimum absolute atomic E-state index is 0.0773. The Bertz CT molecular complexity index is 686. The summed E-state index contributed by atoms with van der Waals surface area (Å²) in [6.07, 6.45) is -0.0847. The maximum atomic E-state index is 13.6. The number of carbonyl (C=O) groups excluding carboxylic acids is 3. The molecule has 3 saturated heterocycles. The lowest BCUT2D eigenvalue weighted by molar-refractivity contribution is -0.155. The van der Waals surface area contributed by atoms with Crippen molar-refractivity contribution in [3.05, 3.63) is 0 Å². The van der Waals surface area contributed by atoms with E-state index < -0.39 is 41.6 Å². The van der Waals surface area contributed by atoms with Crippen LogP contribution in [-0.2, 0) is 23.9 Å². The van der Waals surface area contributed by atoms with Gasteiger partial charge in [-0.3, -0.25) is 14.4 Å². The van der Waals surface area contributed by atoms with Gasteiger partial charge in [-0.1, -0.05) is 29.8 Å². The number of aliphatic hydroxyl groups is 1. The maximum absolute atomic E-state index is 13.6. The van der Waals surface area contributed by atoms with E-state index in [1.807, 2.05) is 27.7 Å². The Morgan fingerprint density at radius 2 is 2.03 bits per heavy atom. The zero-order chi connectivity index (χ0) is 21.7. The maximum Gasteiger partial charge on any atom is 0.312 e. The number of fused-ring (bicyclic) bond motifs is 1. The molecule has 0 radical (unpaired) electrons. The summed E-state index contributed by atoms with van der Waals surface area (Å²) in [4.78, 5) is 41.0. The van der Waals surface area contributed by atoms with Gasteiger partial charge in [-0.25, -0.2) is 0 Å². The SMILES string of the molecule is CCOC(=O)[C@H]1[C@@H]2O[C@@]3(CC2Br)[C@@H]1C(=O)N([C@@H](CO)C(C)C)[C@@H]3C(=O)NC(C)C. The van der Waals surface area contributed by atoms with Crippen LogP contribution < -0.4 is 5.32 Å². The summed E-state index contributed by atoms with van der Waals surface area (Å²) in [5, 5.41) is 12.9. The zero-order valence-corrected chi connectivity index (χ0v) is 19.1. The highest BCUT2D eigenvalue weighted by Crippen LogP contribution is 2.60. The Kier molecular flexibility index (Phi) is 6.32. The van der Waals surface area contributed by atoms with Crippen LogP contribution in [0.5, 0.6) is 0 Å². The third kappa shape index (κ3) is 3.39. The van der Waals surface area contributed by atoms with Crippen LogP contribution in [0.4, 0.5) is 0 Å². The Hall–Kier alpha value is -1.19. The number of rotatable bonds is 7. The highest BCUT2D eigenvalue weighted by molar-refractivity contribution is 9.09. The topological polar surface area (TPSA) is 105 Å². The molecule has 2 bridgehead atoms. The van der Waals surface area contributed by atoms with Crippen molar-refractivity contribution in [2.24, 2.45) is 17.8 Å². The van der Waals surface area contributed by atoms with Gasteiger partial charge in [0.15, 0.2) is 0 Å². The van der Waals surface area contributed by atoms with Gasteiger partial charge in [0.2, 0.25) is 11.8 Å². The van der Waals surface area contributed by atoms with Crippen LogP contribution >= 0.6 is 15.9 Å². The van der Waals surface area contributed by atoms with E-state index in [2.05, 4.69) is 21.2 Å². The number of likely N-dealkylation sites (tertiary alicyclic amines) is 1. The van der Waals surface area contributed by atoms with Crippen LogP contribution in [0, 0.1) is 17.8 Å². The summed E-state index contributed by atoms with van der Waals surface area (Å²) < 4.78 is 11.6. The summed E-state index contributed by atoms with van der Waals surface area (Å²) in [5.41, 5.74) is -1.12.